The molecule has 3 rings (SSSR count). The largest absolute Gasteiger partial charge is 0.392 e. The van der Waals surface area contributed by atoms with Crippen molar-refractivity contribution >= 4 is 6.08 Å². The van der Waals surface area contributed by atoms with Gasteiger partial charge in [-0.3, -0.25) is 4.98 Å². The molecule has 0 amide bonds. The normalized spacial score (nSPS) is 11.2. The summed E-state index contributed by atoms with van der Waals surface area (Å²) >= 11 is 0. The summed E-state index contributed by atoms with van der Waals surface area (Å²) in [7, 11) is 0. The number of aromatic amines is 1. The highest BCUT2D eigenvalue weighted by Gasteiger charge is 2.13. The minimum Gasteiger partial charge on any atom is -0.392 e. The number of aliphatic hydroxyl groups is 1. The first-order chi connectivity index (χ1) is 10.8. The van der Waals surface area contributed by atoms with Gasteiger partial charge in [0.05, 0.1) is 12.3 Å². The fourth-order valence-corrected chi connectivity index (χ4v) is 2.42. The van der Waals surface area contributed by atoms with Crippen LogP contribution in [0.5, 0.6) is 0 Å². The van der Waals surface area contributed by atoms with E-state index in [2.05, 4.69) is 9.97 Å². The molecule has 22 heavy (non-hydrogen) atoms. The van der Waals surface area contributed by atoms with Crippen LogP contribution in [0.3, 0.4) is 0 Å². The van der Waals surface area contributed by atoms with Gasteiger partial charge in [-0.25, -0.2) is 4.39 Å². The van der Waals surface area contributed by atoms with Crippen LogP contribution in [0.15, 0.2) is 61.1 Å². The number of nitrogens with zero attached hydrogens (tertiary/aromatic N) is 1. The van der Waals surface area contributed by atoms with Gasteiger partial charge in [0.1, 0.15) is 5.82 Å². The second kappa shape index (κ2) is 6.37. The fraction of sp³-hybridized carbons (Fsp3) is 0.0556. The van der Waals surface area contributed by atoms with Crippen molar-refractivity contribution in [2.45, 2.75) is 0 Å². The standard InChI is InChI=1S/C18H15FN2O/c19-16-5-3-14(4-6-16)18-17(13-7-9-20-10-8-13)15(12-21-18)2-1-11-22/h1-10,12,21-22H,11H2. The lowest BCUT2D eigenvalue weighted by Crippen LogP contribution is -1.85. The predicted octanol–water partition coefficient (Wildman–Crippen LogP) is 3.89. The van der Waals surface area contributed by atoms with Crippen molar-refractivity contribution in [2.24, 2.45) is 0 Å². The van der Waals surface area contributed by atoms with Gasteiger partial charge in [-0.15, -0.1) is 0 Å². The molecular weight excluding hydrogens is 279 g/mol. The maximum absolute atomic E-state index is 13.1. The third kappa shape index (κ3) is 2.82. The lowest BCUT2D eigenvalue weighted by atomic mass is 9.98. The first-order valence-corrected chi connectivity index (χ1v) is 6.94. The van der Waals surface area contributed by atoms with Gasteiger partial charge in [-0.05, 0) is 47.5 Å². The van der Waals surface area contributed by atoms with E-state index >= 15 is 0 Å². The van der Waals surface area contributed by atoms with Crippen LogP contribution in [0, 0.1) is 5.82 Å². The number of hydrogen-bond donors (Lipinski definition) is 2. The second-order valence-electron chi connectivity index (χ2n) is 4.82. The molecule has 2 N–H and O–H groups in total. The van der Waals surface area contributed by atoms with Gasteiger partial charge >= 0.3 is 0 Å². The van der Waals surface area contributed by atoms with Crippen LogP contribution in [-0.4, -0.2) is 21.7 Å². The van der Waals surface area contributed by atoms with Crippen molar-refractivity contribution < 1.29 is 9.50 Å². The van der Waals surface area contributed by atoms with E-state index in [1.54, 1.807) is 30.6 Å². The molecule has 3 nitrogen and oxygen atoms in total. The van der Waals surface area contributed by atoms with E-state index in [-0.39, 0.29) is 12.4 Å². The maximum Gasteiger partial charge on any atom is 0.123 e. The smallest absolute Gasteiger partial charge is 0.123 e. The summed E-state index contributed by atoms with van der Waals surface area (Å²) in [6, 6.07) is 10.2. The Morgan fingerprint density at radius 2 is 1.77 bits per heavy atom. The maximum atomic E-state index is 13.1. The number of H-pyrrole nitrogens is 1. The van der Waals surface area contributed by atoms with Crippen molar-refractivity contribution in [3.63, 3.8) is 0 Å². The Kier molecular flexibility index (Phi) is 4.12. The van der Waals surface area contributed by atoms with Crippen molar-refractivity contribution in [2.75, 3.05) is 6.61 Å². The van der Waals surface area contributed by atoms with Gasteiger partial charge in [0.25, 0.3) is 0 Å². The molecule has 4 heteroatoms. The van der Waals surface area contributed by atoms with E-state index in [9.17, 15) is 4.39 Å². The zero-order valence-corrected chi connectivity index (χ0v) is 11.8. The summed E-state index contributed by atoms with van der Waals surface area (Å²) in [5.74, 6) is -0.263. The molecular formula is C18H15FN2O. The Hall–Kier alpha value is -2.72. The highest BCUT2D eigenvalue weighted by molar-refractivity contribution is 5.87. The van der Waals surface area contributed by atoms with Gasteiger partial charge in [-0.2, -0.15) is 0 Å². The van der Waals surface area contributed by atoms with Gasteiger partial charge in [0.15, 0.2) is 0 Å². The highest BCUT2D eigenvalue weighted by atomic mass is 19.1. The number of halogens is 1. The zero-order chi connectivity index (χ0) is 15.4. The number of hydrogen-bond acceptors (Lipinski definition) is 2. The molecule has 1 aromatic carbocycles. The highest BCUT2D eigenvalue weighted by Crippen LogP contribution is 2.35. The van der Waals surface area contributed by atoms with Gasteiger partial charge in [-0.1, -0.05) is 12.2 Å². The van der Waals surface area contributed by atoms with Crippen molar-refractivity contribution in [1.82, 2.24) is 9.97 Å². The Balaban J connectivity index is 2.16. The molecule has 0 aliphatic heterocycles. The third-order valence-electron chi connectivity index (χ3n) is 3.42. The lowest BCUT2D eigenvalue weighted by Gasteiger charge is -2.06. The van der Waals surface area contributed by atoms with Gasteiger partial charge in [0, 0.05) is 29.7 Å². The van der Waals surface area contributed by atoms with Crippen LogP contribution in [-0.2, 0) is 0 Å². The number of benzene rings is 1. The van der Waals surface area contributed by atoms with E-state index in [1.165, 1.54) is 12.1 Å². The molecule has 0 saturated heterocycles. The van der Waals surface area contributed by atoms with Crippen molar-refractivity contribution in [3.05, 3.63) is 72.4 Å². The summed E-state index contributed by atoms with van der Waals surface area (Å²) in [6.45, 7) is -0.0210. The molecule has 0 radical (unpaired) electrons. The number of rotatable bonds is 4. The molecule has 2 aromatic heterocycles. The van der Waals surface area contributed by atoms with E-state index in [0.29, 0.717) is 0 Å². The first kappa shape index (κ1) is 14.2. The Labute approximate surface area is 127 Å². The summed E-state index contributed by atoms with van der Waals surface area (Å²) in [4.78, 5) is 7.29. The number of nitrogens with one attached hydrogen (secondary N) is 1. The minimum absolute atomic E-state index is 0.0210. The number of aromatic nitrogens is 2. The van der Waals surface area contributed by atoms with Crippen LogP contribution in [0.25, 0.3) is 28.5 Å². The first-order valence-electron chi connectivity index (χ1n) is 6.94. The zero-order valence-electron chi connectivity index (χ0n) is 11.8. The van der Waals surface area contributed by atoms with Crippen molar-refractivity contribution in [3.8, 4) is 22.4 Å². The second-order valence-corrected chi connectivity index (χ2v) is 4.82. The average Bonchev–Trinajstić information content (AvgIpc) is 2.98. The van der Waals surface area contributed by atoms with E-state index in [1.807, 2.05) is 24.4 Å². The molecule has 2 heterocycles. The van der Waals surface area contributed by atoms with Gasteiger partial charge in [0.2, 0.25) is 0 Å². The Morgan fingerprint density at radius 1 is 1.05 bits per heavy atom. The topological polar surface area (TPSA) is 48.9 Å². The predicted molar refractivity (Wildman–Crippen MR) is 85.5 cm³/mol. The molecule has 0 spiro atoms. The molecule has 0 bridgehead atoms. The van der Waals surface area contributed by atoms with E-state index < -0.39 is 0 Å². The molecule has 0 aliphatic carbocycles. The summed E-state index contributed by atoms with van der Waals surface area (Å²) in [5.41, 5.74) is 4.77. The molecule has 110 valence electrons. The van der Waals surface area contributed by atoms with Crippen LogP contribution in [0.1, 0.15) is 5.56 Å². The van der Waals surface area contributed by atoms with E-state index in [0.717, 1.165) is 27.9 Å². The summed E-state index contributed by atoms with van der Waals surface area (Å²) in [6.07, 6.45) is 8.88. The molecule has 0 unspecified atom stereocenters. The third-order valence-corrected chi connectivity index (χ3v) is 3.42. The molecule has 0 fully saturated rings. The SMILES string of the molecule is OCC=Cc1c[nH]c(-c2ccc(F)cc2)c1-c1ccncc1. The molecule has 0 atom stereocenters. The molecule has 0 aliphatic rings. The van der Waals surface area contributed by atoms with Crippen LogP contribution in [0.2, 0.25) is 0 Å². The average molecular weight is 294 g/mol. The van der Waals surface area contributed by atoms with Crippen LogP contribution >= 0.6 is 0 Å². The lowest BCUT2D eigenvalue weighted by molar-refractivity contribution is 0.343. The molecule has 3 aromatic rings. The Bertz CT molecular complexity index is 777. The number of aliphatic hydroxyl groups excluding tert-OH is 1. The van der Waals surface area contributed by atoms with Crippen molar-refractivity contribution in [1.29, 1.82) is 0 Å². The summed E-state index contributed by atoms with van der Waals surface area (Å²) < 4.78 is 13.1. The Morgan fingerprint density at radius 3 is 2.45 bits per heavy atom. The van der Waals surface area contributed by atoms with Crippen LogP contribution < -0.4 is 0 Å². The van der Waals surface area contributed by atoms with E-state index in [4.69, 9.17) is 5.11 Å². The minimum atomic E-state index is -0.263. The number of pyridine rings is 1. The van der Waals surface area contributed by atoms with Crippen LogP contribution in [0.4, 0.5) is 4.39 Å². The fourth-order valence-electron chi connectivity index (χ4n) is 2.42. The quantitative estimate of drug-likeness (QED) is 0.767. The monoisotopic (exact) mass is 294 g/mol. The molecule has 0 saturated carbocycles. The summed E-state index contributed by atoms with van der Waals surface area (Å²) in [5, 5.41) is 8.99. The van der Waals surface area contributed by atoms with Gasteiger partial charge < -0.3 is 10.1 Å².